The molecule has 3 aliphatic rings. The number of hydrogen-bond donors (Lipinski definition) is 2. The lowest BCUT2D eigenvalue weighted by atomic mass is 9.45. The lowest BCUT2D eigenvalue weighted by Gasteiger charge is -2.62. The van der Waals surface area contributed by atoms with Crippen molar-refractivity contribution in [2.24, 2.45) is 23.2 Å². The molecular formula is C26H33N5O2S. The van der Waals surface area contributed by atoms with E-state index < -0.39 is 10.0 Å². The number of unbranched alkanes of at least 4 members (excludes halogenated alkanes) is 1. The van der Waals surface area contributed by atoms with E-state index in [1.165, 1.54) is 0 Å². The third-order valence-electron chi connectivity index (χ3n) is 8.16. The van der Waals surface area contributed by atoms with Crippen molar-refractivity contribution in [3.05, 3.63) is 60.4 Å². The van der Waals surface area contributed by atoms with Crippen LogP contribution in [0.2, 0.25) is 0 Å². The Kier molecular flexibility index (Phi) is 6.29. The van der Waals surface area contributed by atoms with Gasteiger partial charge in [-0.05, 0) is 78.2 Å². The zero-order valence-electron chi connectivity index (χ0n) is 19.8. The van der Waals surface area contributed by atoms with E-state index in [4.69, 9.17) is 0 Å². The number of fused-ring (bicyclic) bond motifs is 3. The molecule has 180 valence electrons. The summed E-state index contributed by atoms with van der Waals surface area (Å²) in [7, 11) is -3.60. The standard InChI is InChI=1S/C26H33N5O2S/c1-26(2)21-15-20(11-5-3-4-6-12-24-27-30-31-28-24)25(23(26)17-21)29-34(32,33)22-14-13-18-9-7-8-10-19(18)16-22/h3,5,7-10,13-14,16,20-21,23,25,29H,4,6,11-12,15,17H2,1-2H3,(H,27,28,30,31)/b5-3-/t20-,21-,23+,25+/m0/s1. The van der Waals surface area contributed by atoms with Crippen LogP contribution in [0.15, 0.2) is 59.5 Å². The van der Waals surface area contributed by atoms with Crippen molar-refractivity contribution in [1.82, 2.24) is 25.3 Å². The third-order valence-corrected chi connectivity index (χ3v) is 9.62. The van der Waals surface area contributed by atoms with E-state index in [-0.39, 0.29) is 11.5 Å². The third kappa shape index (κ3) is 4.53. The van der Waals surface area contributed by atoms with Gasteiger partial charge in [-0.3, -0.25) is 0 Å². The highest BCUT2D eigenvalue weighted by molar-refractivity contribution is 7.89. The molecule has 3 aliphatic carbocycles. The zero-order valence-corrected chi connectivity index (χ0v) is 20.6. The number of H-pyrrole nitrogens is 1. The van der Waals surface area contributed by atoms with Crippen molar-refractivity contribution in [1.29, 1.82) is 0 Å². The largest absolute Gasteiger partial charge is 0.240 e. The van der Waals surface area contributed by atoms with Gasteiger partial charge in [-0.15, -0.1) is 10.2 Å². The molecule has 2 N–H and O–H groups in total. The minimum Gasteiger partial charge on any atom is -0.207 e. The molecular weight excluding hydrogens is 446 g/mol. The summed E-state index contributed by atoms with van der Waals surface area (Å²) in [5.74, 6) is 2.11. The van der Waals surface area contributed by atoms with Gasteiger partial charge in [0.2, 0.25) is 10.0 Å². The molecule has 4 atom stereocenters. The second-order valence-corrected chi connectivity index (χ2v) is 12.2. The maximum absolute atomic E-state index is 13.4. The highest BCUT2D eigenvalue weighted by Crippen LogP contribution is 2.61. The first-order valence-corrected chi connectivity index (χ1v) is 13.7. The van der Waals surface area contributed by atoms with E-state index in [2.05, 4.69) is 51.3 Å². The van der Waals surface area contributed by atoms with Crippen LogP contribution in [0.1, 0.15) is 51.8 Å². The average molecular weight is 480 g/mol. The fourth-order valence-electron chi connectivity index (χ4n) is 5.96. The summed E-state index contributed by atoms with van der Waals surface area (Å²) in [6, 6.07) is 13.2. The Morgan fingerprint density at radius 2 is 1.94 bits per heavy atom. The Balaban J connectivity index is 1.27. The number of aromatic amines is 1. The number of hydrogen-bond acceptors (Lipinski definition) is 5. The van der Waals surface area contributed by atoms with Crippen molar-refractivity contribution in [2.45, 2.75) is 63.3 Å². The Labute approximate surface area is 201 Å². The molecule has 0 unspecified atom stereocenters. The highest BCUT2D eigenvalue weighted by Gasteiger charge is 2.58. The molecule has 0 amide bonds. The topological polar surface area (TPSA) is 101 Å². The summed E-state index contributed by atoms with van der Waals surface area (Å²) >= 11 is 0. The van der Waals surface area contributed by atoms with Crippen LogP contribution in [-0.2, 0) is 16.4 Å². The van der Waals surface area contributed by atoms with E-state index >= 15 is 0 Å². The fourth-order valence-corrected chi connectivity index (χ4v) is 7.34. The highest BCUT2D eigenvalue weighted by atomic mass is 32.2. The molecule has 0 aliphatic heterocycles. The molecule has 0 saturated heterocycles. The smallest absolute Gasteiger partial charge is 0.207 e. The van der Waals surface area contributed by atoms with E-state index in [0.717, 1.165) is 55.1 Å². The molecule has 2 bridgehead atoms. The quantitative estimate of drug-likeness (QED) is 0.344. The number of nitrogens with zero attached hydrogens (tertiary/aromatic N) is 3. The van der Waals surface area contributed by atoms with Crippen molar-refractivity contribution in [3.8, 4) is 0 Å². The molecule has 8 heteroatoms. The number of sulfonamides is 1. The van der Waals surface area contributed by atoms with Gasteiger partial charge in [0.25, 0.3) is 0 Å². The number of aromatic nitrogens is 4. The van der Waals surface area contributed by atoms with Gasteiger partial charge >= 0.3 is 0 Å². The van der Waals surface area contributed by atoms with Crippen LogP contribution in [0.3, 0.4) is 0 Å². The predicted molar refractivity (Wildman–Crippen MR) is 132 cm³/mol. The van der Waals surface area contributed by atoms with Crippen LogP contribution in [-0.4, -0.2) is 35.1 Å². The number of allylic oxidation sites excluding steroid dienone is 2. The van der Waals surface area contributed by atoms with Crippen LogP contribution >= 0.6 is 0 Å². The van der Waals surface area contributed by atoms with E-state index in [1.807, 2.05) is 30.3 Å². The first kappa shape index (κ1) is 23.2. The number of tetrazole rings is 1. The van der Waals surface area contributed by atoms with Crippen molar-refractivity contribution in [3.63, 3.8) is 0 Å². The van der Waals surface area contributed by atoms with E-state index in [1.54, 1.807) is 12.1 Å². The van der Waals surface area contributed by atoms with Crippen LogP contribution in [0, 0.1) is 23.2 Å². The van der Waals surface area contributed by atoms with Crippen LogP contribution in [0.5, 0.6) is 0 Å². The molecule has 7 nitrogen and oxygen atoms in total. The summed E-state index contributed by atoms with van der Waals surface area (Å²) < 4.78 is 30.0. The molecule has 3 fully saturated rings. The van der Waals surface area contributed by atoms with Crippen LogP contribution < -0.4 is 4.72 Å². The summed E-state index contributed by atoms with van der Waals surface area (Å²) in [6.45, 7) is 4.60. The Morgan fingerprint density at radius 1 is 1.12 bits per heavy atom. The van der Waals surface area contributed by atoms with Crippen molar-refractivity contribution in [2.75, 3.05) is 0 Å². The first-order valence-electron chi connectivity index (χ1n) is 12.2. The van der Waals surface area contributed by atoms with Gasteiger partial charge in [-0.1, -0.05) is 61.5 Å². The summed E-state index contributed by atoms with van der Waals surface area (Å²) in [5.41, 5.74) is 0.182. The molecule has 0 spiro atoms. The second-order valence-electron chi connectivity index (χ2n) is 10.4. The first-order chi connectivity index (χ1) is 16.3. The molecule has 1 aromatic heterocycles. The molecule has 6 rings (SSSR count). The number of aryl methyl sites for hydroxylation is 1. The molecule has 1 heterocycles. The zero-order chi connectivity index (χ0) is 23.8. The summed E-state index contributed by atoms with van der Waals surface area (Å²) in [6.07, 6.45) is 10.2. The van der Waals surface area contributed by atoms with Gasteiger partial charge in [0.1, 0.15) is 0 Å². The normalized spacial score (nSPS) is 26.1. The van der Waals surface area contributed by atoms with Gasteiger partial charge in [0.15, 0.2) is 5.82 Å². The minimum atomic E-state index is -3.60. The van der Waals surface area contributed by atoms with Crippen molar-refractivity contribution < 1.29 is 8.42 Å². The van der Waals surface area contributed by atoms with Crippen LogP contribution in [0.4, 0.5) is 0 Å². The maximum Gasteiger partial charge on any atom is 0.240 e. The fraction of sp³-hybridized carbons (Fsp3) is 0.500. The number of nitrogens with one attached hydrogen (secondary N) is 2. The predicted octanol–water partition coefficient (Wildman–Crippen LogP) is 4.65. The summed E-state index contributed by atoms with van der Waals surface area (Å²) in [4.78, 5) is 0.348. The van der Waals surface area contributed by atoms with Gasteiger partial charge in [-0.2, -0.15) is 5.21 Å². The average Bonchev–Trinajstić information content (AvgIpc) is 3.34. The van der Waals surface area contributed by atoms with Gasteiger partial charge in [0, 0.05) is 12.5 Å². The molecule has 0 radical (unpaired) electrons. The Morgan fingerprint density at radius 3 is 2.71 bits per heavy atom. The number of benzene rings is 2. The number of rotatable bonds is 9. The van der Waals surface area contributed by atoms with Gasteiger partial charge in [-0.25, -0.2) is 13.1 Å². The lowest BCUT2D eigenvalue weighted by molar-refractivity contribution is -0.108. The SMILES string of the molecule is CC1(C)[C@H]2C[C@H](C/C=C\CCCc3nn[nH]n3)[C@@H](NS(=O)(=O)c3ccc4ccccc4c3)[C@H]1C2. The van der Waals surface area contributed by atoms with Gasteiger partial charge in [0.05, 0.1) is 4.90 Å². The van der Waals surface area contributed by atoms with Crippen molar-refractivity contribution >= 4 is 20.8 Å². The second kappa shape index (κ2) is 9.23. The van der Waals surface area contributed by atoms with Gasteiger partial charge < -0.3 is 0 Å². The maximum atomic E-state index is 13.4. The Hall–Kier alpha value is -2.58. The molecule has 3 saturated carbocycles. The van der Waals surface area contributed by atoms with E-state index in [0.29, 0.717) is 22.6 Å². The molecule has 34 heavy (non-hydrogen) atoms. The minimum absolute atomic E-state index is 0.0412. The molecule has 2 aromatic carbocycles. The Bertz CT molecular complexity index is 1270. The molecule has 3 aromatic rings. The summed E-state index contributed by atoms with van der Waals surface area (Å²) in [5, 5.41) is 16.0. The monoisotopic (exact) mass is 479 g/mol. The van der Waals surface area contributed by atoms with Crippen LogP contribution in [0.25, 0.3) is 10.8 Å². The van der Waals surface area contributed by atoms with E-state index in [9.17, 15) is 8.42 Å². The lowest BCUT2D eigenvalue weighted by Crippen LogP contribution is -2.63.